The van der Waals surface area contributed by atoms with Crippen LogP contribution in [0.25, 0.3) is 0 Å². The largest absolute Gasteiger partial charge is 0.388 e. The van der Waals surface area contributed by atoms with Gasteiger partial charge in [0.05, 0.1) is 34.9 Å². The molecule has 15 heteroatoms. The fourth-order valence-corrected chi connectivity index (χ4v) is 3.63. The van der Waals surface area contributed by atoms with Gasteiger partial charge in [-0.1, -0.05) is 112 Å². The molecule has 4 aromatic heterocycles. The van der Waals surface area contributed by atoms with Crippen LogP contribution in [0.1, 0.15) is 162 Å². The molecule has 5 rings (SSSR count). The van der Waals surface area contributed by atoms with Gasteiger partial charge in [0.2, 0.25) is 0 Å². The maximum atomic E-state index is 6.28. The number of nitrogens with two attached hydrogens (primary N) is 5. The van der Waals surface area contributed by atoms with Crippen LogP contribution in [-0.2, 0) is 0 Å². The molecule has 0 saturated carbocycles. The van der Waals surface area contributed by atoms with E-state index in [0.29, 0.717) is 29.6 Å². The van der Waals surface area contributed by atoms with Crippen molar-refractivity contribution < 1.29 is 0 Å². The molecule has 65 heavy (non-hydrogen) atoms. The van der Waals surface area contributed by atoms with E-state index in [4.69, 9.17) is 55.7 Å². The van der Waals surface area contributed by atoms with Crippen LogP contribution >= 0.6 is 0 Å². The minimum absolute atomic E-state index is 0.167. The summed E-state index contributed by atoms with van der Waals surface area (Å²) in [5.41, 5.74) is 29.8. The highest BCUT2D eigenvalue weighted by Crippen LogP contribution is 2.13. The molecule has 0 atom stereocenters. The van der Waals surface area contributed by atoms with E-state index < -0.39 is 0 Å². The quantitative estimate of drug-likeness (QED) is 0.0587. The van der Waals surface area contributed by atoms with Crippen LogP contribution in [0, 0.1) is 27.0 Å². The van der Waals surface area contributed by atoms with Crippen molar-refractivity contribution in [3.63, 3.8) is 0 Å². The van der Waals surface area contributed by atoms with Gasteiger partial charge < -0.3 is 28.7 Å². The summed E-state index contributed by atoms with van der Waals surface area (Å²) in [5.74, 6) is 3.74. The molecule has 360 valence electrons. The highest BCUT2D eigenvalue weighted by molar-refractivity contribution is 5.74. The van der Waals surface area contributed by atoms with Gasteiger partial charge in [-0.05, 0) is 111 Å². The number of amidine groups is 5. The first kappa shape index (κ1) is 67.2. The number of nitrogens with one attached hydrogen (secondary N) is 5. The third-order valence-corrected chi connectivity index (χ3v) is 6.64. The number of rotatable bonds is 5. The van der Waals surface area contributed by atoms with Crippen molar-refractivity contribution in [1.29, 1.82) is 27.0 Å². The monoisotopic (exact) mass is 896 g/mol. The van der Waals surface area contributed by atoms with Crippen LogP contribution in [0.5, 0.6) is 0 Å². The molecule has 0 bridgehead atoms. The molecule has 0 fully saturated rings. The predicted molar refractivity (Wildman–Crippen MR) is 280 cm³/mol. The van der Waals surface area contributed by atoms with Crippen molar-refractivity contribution in [2.45, 2.75) is 133 Å². The molecule has 15 N–H and O–H groups in total. The number of aromatic nitrogens is 5. The first-order valence-corrected chi connectivity index (χ1v) is 21.2. The summed E-state index contributed by atoms with van der Waals surface area (Å²) in [4.78, 5) is 20.2. The van der Waals surface area contributed by atoms with E-state index in [1.165, 1.54) is 51.3 Å². The maximum absolute atomic E-state index is 6.28. The van der Waals surface area contributed by atoms with Crippen LogP contribution in [0.15, 0.2) is 122 Å². The summed E-state index contributed by atoms with van der Waals surface area (Å²) in [6, 6.07) is 24.7. The van der Waals surface area contributed by atoms with E-state index >= 15 is 0 Å². The lowest BCUT2D eigenvalue weighted by molar-refractivity contribution is 0.812. The van der Waals surface area contributed by atoms with E-state index in [-0.39, 0.29) is 29.2 Å². The highest BCUT2D eigenvalue weighted by atomic mass is 14.8. The first-order valence-electron chi connectivity index (χ1n) is 21.2. The van der Waals surface area contributed by atoms with E-state index in [9.17, 15) is 0 Å². The molecule has 0 unspecified atom stereocenters. The van der Waals surface area contributed by atoms with Gasteiger partial charge in [0.1, 0.15) is 0 Å². The van der Waals surface area contributed by atoms with Gasteiger partial charge in [0.15, 0.2) is 0 Å². The zero-order chi connectivity index (χ0) is 51.3. The van der Waals surface area contributed by atoms with Gasteiger partial charge >= 0.3 is 0 Å². The molecule has 0 aliphatic rings. The number of hydrogen-bond acceptors (Lipinski definition) is 10. The van der Waals surface area contributed by atoms with Gasteiger partial charge in [-0.15, -0.1) is 0 Å². The Labute approximate surface area is 392 Å². The van der Waals surface area contributed by atoms with Crippen LogP contribution in [0.2, 0.25) is 0 Å². The molecule has 0 aliphatic carbocycles. The van der Waals surface area contributed by atoms with Crippen LogP contribution in [0.4, 0.5) is 0 Å². The van der Waals surface area contributed by atoms with Gasteiger partial charge in [-0.25, -0.2) is 0 Å². The molecule has 4 heterocycles. The lowest BCUT2D eigenvalue weighted by atomic mass is 10.0. The molecule has 15 nitrogen and oxygen atoms in total. The van der Waals surface area contributed by atoms with Crippen molar-refractivity contribution in [1.82, 2.24) is 24.9 Å². The Bertz CT molecular complexity index is 1510. The van der Waals surface area contributed by atoms with Gasteiger partial charge in [0, 0.05) is 55.3 Å². The lowest BCUT2D eigenvalue weighted by Gasteiger charge is -2.01. The maximum Gasteiger partial charge on any atom is 0.0873 e. The van der Waals surface area contributed by atoms with Crippen molar-refractivity contribution in [3.05, 3.63) is 150 Å². The zero-order valence-electron chi connectivity index (χ0n) is 42.1. The standard InChI is InChI=1S/C9H12.3C8H11N.C7H10N2.5C2H6N2/c1-8(2)9-6-4-3-5-7-9;1-7(2)8-3-5-9-6-4-8;1-7(2)8-4-3-5-9-6-8;1-7(2)8-5-3-4-6-9-8;1-6(2)7-5-8-3-4-9-7;5*1-2(3)4/h3-8H,1-2H3;3*3-7H,1-2H3;3-6H,1-2H3;5*1H3,(H3,3,4). The van der Waals surface area contributed by atoms with Crippen LogP contribution in [0.3, 0.4) is 0 Å². The van der Waals surface area contributed by atoms with E-state index in [0.717, 1.165) is 11.4 Å². The van der Waals surface area contributed by atoms with E-state index in [1.807, 2.05) is 67.3 Å². The fourth-order valence-electron chi connectivity index (χ4n) is 3.63. The smallest absolute Gasteiger partial charge is 0.0873 e. The average molecular weight is 896 g/mol. The lowest BCUT2D eigenvalue weighted by Crippen LogP contribution is -2.00. The third-order valence-electron chi connectivity index (χ3n) is 6.64. The zero-order valence-corrected chi connectivity index (χ0v) is 42.1. The third kappa shape index (κ3) is 61.5. The summed E-state index contributed by atoms with van der Waals surface area (Å²) in [6.07, 6.45) is 14.4. The summed E-state index contributed by atoms with van der Waals surface area (Å²) in [5, 5.41) is 31.4. The van der Waals surface area contributed by atoms with Crippen molar-refractivity contribution in [2.75, 3.05) is 0 Å². The highest BCUT2D eigenvalue weighted by Gasteiger charge is 1.98. The molecule has 0 saturated heterocycles. The van der Waals surface area contributed by atoms with Gasteiger partial charge in [-0.2, -0.15) is 0 Å². The molecule has 0 radical (unpaired) electrons. The number of nitrogens with zero attached hydrogens (tertiary/aromatic N) is 5. The van der Waals surface area contributed by atoms with Crippen molar-refractivity contribution >= 4 is 29.2 Å². The van der Waals surface area contributed by atoms with Gasteiger partial charge in [0.25, 0.3) is 0 Å². The Balaban J connectivity index is -0.000000210. The minimum atomic E-state index is 0.167. The molecule has 0 aliphatic heterocycles. The Morgan fingerprint density at radius 1 is 0.338 bits per heavy atom. The van der Waals surface area contributed by atoms with E-state index in [1.54, 1.807) is 24.8 Å². The molecule has 0 amide bonds. The second-order valence-electron chi connectivity index (χ2n) is 15.6. The Morgan fingerprint density at radius 3 is 0.923 bits per heavy atom. The number of pyridine rings is 3. The molecular formula is C50H85N15. The first-order chi connectivity index (χ1) is 30.2. The summed E-state index contributed by atoms with van der Waals surface area (Å²) in [7, 11) is 0. The van der Waals surface area contributed by atoms with Crippen LogP contribution < -0.4 is 28.7 Å². The van der Waals surface area contributed by atoms with Crippen LogP contribution in [-0.4, -0.2) is 54.1 Å². The minimum Gasteiger partial charge on any atom is -0.388 e. The Kier molecular flexibility index (Phi) is 46.6. The number of benzene rings is 1. The molecule has 0 spiro atoms. The number of hydrogen-bond donors (Lipinski definition) is 10. The fraction of sp³-hybridized carbons (Fsp3) is 0.400. The van der Waals surface area contributed by atoms with Crippen molar-refractivity contribution in [3.8, 4) is 0 Å². The summed E-state index contributed by atoms with van der Waals surface area (Å²) < 4.78 is 0. The Morgan fingerprint density at radius 2 is 0.692 bits per heavy atom. The Hall–Kier alpha value is -6.90. The SMILES string of the molecule is CC(=N)N.CC(=N)N.CC(=N)N.CC(=N)N.CC(=N)N.CC(C)c1ccccc1.CC(C)c1ccccn1.CC(C)c1cccnc1.CC(C)c1ccncc1.CC(C)c1cnccn1. The summed E-state index contributed by atoms with van der Waals surface area (Å²) >= 11 is 0. The second-order valence-corrected chi connectivity index (χ2v) is 15.6. The average Bonchev–Trinajstić information content (AvgIpc) is 3.22. The molecular weight excluding hydrogens is 811 g/mol. The van der Waals surface area contributed by atoms with Gasteiger partial charge in [-0.3, -0.25) is 52.0 Å². The van der Waals surface area contributed by atoms with Crippen molar-refractivity contribution in [2.24, 2.45) is 28.7 Å². The normalized spacial score (nSPS) is 8.92. The molecule has 1 aromatic carbocycles. The topological polar surface area (TPSA) is 314 Å². The predicted octanol–water partition coefficient (Wildman–Crippen LogP) is 10.7. The summed E-state index contributed by atoms with van der Waals surface area (Å²) in [6.45, 7) is 29.2. The molecule has 5 aromatic rings. The second kappa shape index (κ2) is 45.1. The van der Waals surface area contributed by atoms with E-state index in [2.05, 4.69) is 124 Å².